The third-order valence-electron chi connectivity index (χ3n) is 3.99. The average Bonchev–Trinajstić information content (AvgIpc) is 3.30. The first-order chi connectivity index (χ1) is 14.7. The van der Waals surface area contributed by atoms with E-state index in [0.717, 1.165) is 28.7 Å². The zero-order chi connectivity index (χ0) is 22.4. The third-order valence-corrected chi connectivity index (χ3v) is 5.08. The molecule has 0 spiro atoms. The smallest absolute Gasteiger partial charge is 0.475 e. The first-order valence-electron chi connectivity index (χ1n) is 8.84. The summed E-state index contributed by atoms with van der Waals surface area (Å²) in [6, 6.07) is 6.58. The number of carbonyl (C=O) groups is 1. The van der Waals surface area contributed by atoms with E-state index in [1.54, 1.807) is 23.5 Å². The van der Waals surface area contributed by atoms with Gasteiger partial charge in [0, 0.05) is 25.4 Å². The molecule has 0 amide bonds. The summed E-state index contributed by atoms with van der Waals surface area (Å²) >= 11 is 1.60. The number of alkyl halides is 3. The van der Waals surface area contributed by atoms with E-state index in [-0.39, 0.29) is 5.82 Å². The summed E-state index contributed by atoms with van der Waals surface area (Å²) in [7, 11) is 0. The van der Waals surface area contributed by atoms with E-state index in [1.165, 1.54) is 12.1 Å². The molecule has 0 radical (unpaired) electrons. The molecule has 1 aromatic carbocycles. The summed E-state index contributed by atoms with van der Waals surface area (Å²) in [6.45, 7) is 2.44. The van der Waals surface area contributed by atoms with Crippen molar-refractivity contribution < 1.29 is 32.0 Å². The van der Waals surface area contributed by atoms with Gasteiger partial charge in [-0.2, -0.15) is 18.2 Å². The zero-order valence-electron chi connectivity index (χ0n) is 15.7. The van der Waals surface area contributed by atoms with Gasteiger partial charge in [0.15, 0.2) is 5.82 Å². The lowest BCUT2D eigenvalue weighted by Gasteiger charge is -2.23. The molecule has 1 fully saturated rings. The Balaban J connectivity index is 0.000000339. The van der Waals surface area contributed by atoms with Crippen LogP contribution < -0.4 is 10.6 Å². The minimum atomic E-state index is -5.08. The second kappa shape index (κ2) is 9.78. The van der Waals surface area contributed by atoms with Gasteiger partial charge in [-0.15, -0.1) is 10.2 Å². The number of aromatic nitrogens is 4. The van der Waals surface area contributed by atoms with Crippen LogP contribution in [0.1, 0.15) is 27.3 Å². The predicted octanol–water partition coefficient (Wildman–Crippen LogP) is 2.58. The van der Waals surface area contributed by atoms with Crippen LogP contribution in [0.5, 0.6) is 0 Å². The molecule has 0 saturated carbocycles. The van der Waals surface area contributed by atoms with Crippen LogP contribution in [0.4, 0.5) is 23.6 Å². The van der Waals surface area contributed by atoms with Gasteiger partial charge in [-0.05, 0) is 17.7 Å². The van der Waals surface area contributed by atoms with Gasteiger partial charge in [-0.3, -0.25) is 0 Å². The highest BCUT2D eigenvalue weighted by atomic mass is 32.1. The normalized spacial score (nSPS) is 13.8. The van der Waals surface area contributed by atoms with Crippen LogP contribution in [0, 0.1) is 5.82 Å². The number of aliphatic carboxylic acids is 1. The number of carboxylic acids is 1. The summed E-state index contributed by atoms with van der Waals surface area (Å²) in [6.07, 6.45) is -4.59. The molecule has 0 aliphatic carbocycles. The Kier molecular flexibility index (Phi) is 7.12. The lowest BCUT2D eigenvalue weighted by atomic mass is 10.1. The summed E-state index contributed by atoms with van der Waals surface area (Å²) in [4.78, 5) is 13.2. The lowest BCUT2D eigenvalue weighted by molar-refractivity contribution is -0.192. The van der Waals surface area contributed by atoms with Gasteiger partial charge in [0.2, 0.25) is 0 Å². The molecule has 1 aliphatic rings. The number of anilines is 1. The predicted molar refractivity (Wildman–Crippen MR) is 100 cm³/mol. The highest BCUT2D eigenvalue weighted by Crippen LogP contribution is 2.23. The fourth-order valence-electron chi connectivity index (χ4n) is 2.30. The van der Waals surface area contributed by atoms with E-state index in [0.29, 0.717) is 30.7 Å². The van der Waals surface area contributed by atoms with E-state index in [1.807, 2.05) is 0 Å². The van der Waals surface area contributed by atoms with Crippen molar-refractivity contribution in [3.8, 4) is 0 Å². The van der Waals surface area contributed by atoms with Crippen LogP contribution in [0.15, 0.2) is 28.8 Å². The number of nitrogens with one attached hydrogen (secondary N) is 2. The molecule has 31 heavy (non-hydrogen) atoms. The van der Waals surface area contributed by atoms with Crippen molar-refractivity contribution >= 4 is 23.3 Å². The minimum Gasteiger partial charge on any atom is -0.475 e. The Morgan fingerprint density at radius 2 is 1.94 bits per heavy atom. The van der Waals surface area contributed by atoms with Crippen LogP contribution in [0.25, 0.3) is 0 Å². The van der Waals surface area contributed by atoms with Gasteiger partial charge in [0.25, 0.3) is 0 Å². The maximum absolute atomic E-state index is 12.9. The SMILES string of the molecule is Fc1ccc(Cc2noc(NCc3nnc(C4CNC4)s3)n2)cc1.O=C(O)C(F)(F)F. The van der Waals surface area contributed by atoms with E-state index in [4.69, 9.17) is 14.4 Å². The number of halogens is 4. The average molecular weight is 460 g/mol. The Labute approximate surface area is 176 Å². The molecule has 14 heteroatoms. The molecule has 0 bridgehead atoms. The van der Waals surface area contributed by atoms with Gasteiger partial charge in [0.05, 0.1) is 6.54 Å². The molecule has 0 unspecified atom stereocenters. The lowest BCUT2D eigenvalue weighted by Crippen LogP contribution is -2.39. The third kappa shape index (κ3) is 6.68. The number of carboxylic acid groups (broad SMARTS) is 1. The summed E-state index contributed by atoms with van der Waals surface area (Å²) in [5.74, 6) is -1.99. The van der Waals surface area contributed by atoms with Crippen molar-refractivity contribution in [3.05, 3.63) is 51.5 Å². The molecule has 166 valence electrons. The van der Waals surface area contributed by atoms with E-state index < -0.39 is 12.1 Å². The zero-order valence-corrected chi connectivity index (χ0v) is 16.5. The van der Waals surface area contributed by atoms with Crippen LogP contribution in [-0.4, -0.2) is 50.7 Å². The van der Waals surface area contributed by atoms with Crippen molar-refractivity contribution in [3.63, 3.8) is 0 Å². The largest absolute Gasteiger partial charge is 0.490 e. The number of nitrogens with zero attached hydrogens (tertiary/aromatic N) is 4. The van der Waals surface area contributed by atoms with Gasteiger partial charge < -0.3 is 20.3 Å². The molecule has 1 saturated heterocycles. The van der Waals surface area contributed by atoms with Crippen LogP contribution in [0.3, 0.4) is 0 Å². The molecule has 0 atom stereocenters. The van der Waals surface area contributed by atoms with Crippen molar-refractivity contribution in [2.45, 2.75) is 25.1 Å². The molecular weight excluding hydrogens is 444 g/mol. The molecular formula is C17H16F4N6O3S. The molecule has 3 heterocycles. The highest BCUT2D eigenvalue weighted by Gasteiger charge is 2.38. The fraction of sp³-hybridized carbons (Fsp3) is 0.353. The molecule has 2 aromatic heterocycles. The fourth-order valence-corrected chi connectivity index (χ4v) is 3.18. The first kappa shape index (κ1) is 22.6. The maximum atomic E-state index is 12.9. The minimum absolute atomic E-state index is 0.261. The summed E-state index contributed by atoms with van der Waals surface area (Å²) in [5, 5.41) is 27.6. The molecule has 3 aromatic rings. The van der Waals surface area contributed by atoms with E-state index in [9.17, 15) is 17.6 Å². The quantitative estimate of drug-likeness (QED) is 0.476. The summed E-state index contributed by atoms with van der Waals surface area (Å²) < 4.78 is 49.8. The van der Waals surface area contributed by atoms with E-state index in [2.05, 4.69) is 31.0 Å². The van der Waals surface area contributed by atoms with Gasteiger partial charge in [0.1, 0.15) is 15.8 Å². The van der Waals surface area contributed by atoms with E-state index >= 15 is 0 Å². The number of hydrogen-bond acceptors (Lipinski definition) is 9. The molecule has 9 nitrogen and oxygen atoms in total. The highest BCUT2D eigenvalue weighted by molar-refractivity contribution is 7.11. The first-order valence-corrected chi connectivity index (χ1v) is 9.66. The van der Waals surface area contributed by atoms with Crippen molar-refractivity contribution in [2.75, 3.05) is 18.4 Å². The van der Waals surface area contributed by atoms with Crippen LogP contribution >= 0.6 is 11.3 Å². The Hall–Kier alpha value is -3.13. The van der Waals surface area contributed by atoms with Crippen LogP contribution in [0.2, 0.25) is 0 Å². The molecule has 3 N–H and O–H groups in total. The Bertz CT molecular complexity index is 1000. The second-order valence-electron chi connectivity index (χ2n) is 6.36. The standard InChI is InChI=1S/C15H15FN6OS.C2HF3O2/c16-11-3-1-9(2-4-11)5-12-19-15(23-22-12)18-8-13-20-21-14(24-13)10-6-17-7-10;3-2(4,5)1(6)7/h1-4,10,17H,5-8H2,(H,18,19,22);(H,6,7). The Morgan fingerprint density at radius 3 is 2.52 bits per heavy atom. The van der Waals surface area contributed by atoms with Crippen LogP contribution in [-0.2, 0) is 17.8 Å². The molecule has 1 aliphatic heterocycles. The van der Waals surface area contributed by atoms with Crippen molar-refractivity contribution in [2.24, 2.45) is 0 Å². The second-order valence-corrected chi connectivity index (χ2v) is 7.46. The maximum Gasteiger partial charge on any atom is 0.490 e. The number of hydrogen-bond donors (Lipinski definition) is 3. The number of benzene rings is 1. The van der Waals surface area contributed by atoms with Gasteiger partial charge >= 0.3 is 18.2 Å². The number of rotatable bonds is 6. The summed E-state index contributed by atoms with van der Waals surface area (Å²) in [5.41, 5.74) is 0.923. The topological polar surface area (TPSA) is 126 Å². The van der Waals surface area contributed by atoms with Gasteiger partial charge in [-0.25, -0.2) is 9.18 Å². The van der Waals surface area contributed by atoms with Crippen molar-refractivity contribution in [1.29, 1.82) is 0 Å². The van der Waals surface area contributed by atoms with Crippen molar-refractivity contribution in [1.82, 2.24) is 25.7 Å². The molecule has 4 rings (SSSR count). The monoisotopic (exact) mass is 460 g/mol. The Morgan fingerprint density at radius 1 is 1.26 bits per heavy atom. The van der Waals surface area contributed by atoms with Gasteiger partial charge in [-0.1, -0.05) is 28.6 Å².